The molecule has 0 aliphatic heterocycles. The summed E-state index contributed by atoms with van der Waals surface area (Å²) in [5, 5.41) is 3.35. The molecule has 2 nitrogen and oxygen atoms in total. The van der Waals surface area contributed by atoms with Gasteiger partial charge in [-0.3, -0.25) is 0 Å². The van der Waals surface area contributed by atoms with E-state index in [9.17, 15) is 4.39 Å². The lowest BCUT2D eigenvalue weighted by atomic mass is 9.64. The van der Waals surface area contributed by atoms with Gasteiger partial charge in [0.25, 0.3) is 0 Å². The van der Waals surface area contributed by atoms with E-state index in [1.54, 1.807) is 0 Å². The molecule has 1 aromatic rings. The second kappa shape index (κ2) is 4.99. The maximum atomic E-state index is 13.4. The van der Waals surface area contributed by atoms with Crippen molar-refractivity contribution in [2.75, 3.05) is 7.05 Å². The van der Waals surface area contributed by atoms with E-state index in [0.717, 1.165) is 6.42 Å². The van der Waals surface area contributed by atoms with Crippen molar-refractivity contribution in [3.63, 3.8) is 0 Å². The summed E-state index contributed by atoms with van der Waals surface area (Å²) in [7, 11) is 1.94. The van der Waals surface area contributed by atoms with E-state index in [4.69, 9.17) is 16.3 Å². The average molecular weight is 337 g/mol. The lowest BCUT2D eigenvalue weighted by Gasteiger charge is -2.51. The van der Waals surface area contributed by atoms with Gasteiger partial charge in [-0.15, -0.1) is 0 Å². The maximum absolute atomic E-state index is 13.4. The number of rotatable bonds is 3. The topological polar surface area (TPSA) is 21.3 Å². The fourth-order valence-electron chi connectivity index (χ4n) is 2.32. The number of nitrogens with one attached hydrogen (secondary N) is 1. The SMILES string of the molecule is CNC1CC(Oc2cc(F)c(Cl)cc2Br)C1(C)C. The van der Waals surface area contributed by atoms with Crippen LogP contribution in [0.4, 0.5) is 4.39 Å². The Morgan fingerprint density at radius 1 is 1.50 bits per heavy atom. The first-order valence-electron chi connectivity index (χ1n) is 5.84. The van der Waals surface area contributed by atoms with Crippen molar-refractivity contribution in [1.82, 2.24) is 5.32 Å². The number of ether oxygens (including phenoxy) is 1. The van der Waals surface area contributed by atoms with E-state index in [1.807, 2.05) is 7.05 Å². The van der Waals surface area contributed by atoms with E-state index in [2.05, 4.69) is 35.1 Å². The van der Waals surface area contributed by atoms with Crippen LogP contribution in [0.3, 0.4) is 0 Å². The summed E-state index contributed by atoms with van der Waals surface area (Å²) in [5.74, 6) is 0.0432. The zero-order valence-electron chi connectivity index (χ0n) is 10.6. The molecule has 0 amide bonds. The van der Waals surface area contributed by atoms with Crippen molar-refractivity contribution in [2.45, 2.75) is 32.4 Å². The van der Waals surface area contributed by atoms with Gasteiger partial charge < -0.3 is 10.1 Å². The third-order valence-corrected chi connectivity index (χ3v) is 4.68. The highest BCUT2D eigenvalue weighted by atomic mass is 79.9. The van der Waals surface area contributed by atoms with Crippen LogP contribution in [-0.2, 0) is 0 Å². The molecule has 2 unspecified atom stereocenters. The lowest BCUT2D eigenvalue weighted by Crippen LogP contribution is -2.61. The van der Waals surface area contributed by atoms with Crippen LogP contribution in [0.1, 0.15) is 20.3 Å². The van der Waals surface area contributed by atoms with Crippen LogP contribution >= 0.6 is 27.5 Å². The molecule has 0 bridgehead atoms. The van der Waals surface area contributed by atoms with Crippen molar-refractivity contribution < 1.29 is 9.13 Å². The van der Waals surface area contributed by atoms with Crippen molar-refractivity contribution >= 4 is 27.5 Å². The third-order valence-electron chi connectivity index (χ3n) is 3.77. The predicted octanol–water partition coefficient (Wildman–Crippen LogP) is 4.01. The van der Waals surface area contributed by atoms with E-state index in [-0.39, 0.29) is 16.5 Å². The lowest BCUT2D eigenvalue weighted by molar-refractivity contribution is -0.0525. The summed E-state index contributed by atoms with van der Waals surface area (Å²) >= 11 is 9.04. The van der Waals surface area contributed by atoms with Gasteiger partial charge in [-0.2, -0.15) is 0 Å². The van der Waals surface area contributed by atoms with Gasteiger partial charge >= 0.3 is 0 Å². The highest BCUT2D eigenvalue weighted by Gasteiger charge is 2.49. The van der Waals surface area contributed by atoms with Gasteiger partial charge in [0.15, 0.2) is 0 Å². The van der Waals surface area contributed by atoms with Crippen molar-refractivity contribution in [3.05, 3.63) is 27.4 Å². The standard InChI is InChI=1S/C13H16BrClFNO/c1-13(2)11(17-3)6-12(13)18-10-5-9(16)8(15)4-7(10)14/h4-5,11-12,17H,6H2,1-3H3. The van der Waals surface area contributed by atoms with Gasteiger partial charge in [0.05, 0.1) is 9.50 Å². The largest absolute Gasteiger partial charge is 0.488 e. The summed E-state index contributed by atoms with van der Waals surface area (Å²) in [5.41, 5.74) is 0.0320. The molecule has 0 radical (unpaired) electrons. The van der Waals surface area contributed by atoms with Gasteiger partial charge in [0, 0.05) is 23.9 Å². The average Bonchev–Trinajstić information content (AvgIpc) is 2.30. The normalized spacial score (nSPS) is 25.7. The Kier molecular flexibility index (Phi) is 3.90. The summed E-state index contributed by atoms with van der Waals surface area (Å²) in [6.07, 6.45) is 0.993. The molecule has 1 fully saturated rings. The molecule has 0 saturated heterocycles. The molecule has 1 saturated carbocycles. The Labute approximate surface area is 120 Å². The monoisotopic (exact) mass is 335 g/mol. The molecule has 18 heavy (non-hydrogen) atoms. The van der Waals surface area contributed by atoms with Gasteiger partial charge in [-0.25, -0.2) is 4.39 Å². The van der Waals surface area contributed by atoms with E-state index >= 15 is 0 Å². The minimum atomic E-state index is -0.461. The van der Waals surface area contributed by atoms with Crippen molar-refractivity contribution in [1.29, 1.82) is 0 Å². The van der Waals surface area contributed by atoms with Crippen LogP contribution in [-0.4, -0.2) is 19.2 Å². The first-order valence-corrected chi connectivity index (χ1v) is 7.01. The van der Waals surface area contributed by atoms with E-state index in [0.29, 0.717) is 16.3 Å². The number of hydrogen-bond acceptors (Lipinski definition) is 2. The minimum absolute atomic E-state index is 0.0320. The maximum Gasteiger partial charge on any atom is 0.145 e. The Bertz CT molecular complexity index is 467. The van der Waals surface area contributed by atoms with Gasteiger partial charge in [-0.1, -0.05) is 25.4 Å². The molecule has 0 aromatic heterocycles. The molecule has 1 aromatic carbocycles. The molecular weight excluding hydrogens is 321 g/mol. The highest BCUT2D eigenvalue weighted by Crippen LogP contribution is 2.44. The van der Waals surface area contributed by atoms with E-state index < -0.39 is 5.82 Å². The van der Waals surface area contributed by atoms with Crippen LogP contribution in [0.2, 0.25) is 5.02 Å². The Morgan fingerprint density at radius 3 is 2.72 bits per heavy atom. The van der Waals surface area contributed by atoms with Crippen LogP contribution < -0.4 is 10.1 Å². The Balaban J connectivity index is 2.14. The molecular formula is C13H16BrClFNO. The Morgan fingerprint density at radius 2 is 2.17 bits per heavy atom. The zero-order valence-corrected chi connectivity index (χ0v) is 12.9. The van der Waals surface area contributed by atoms with E-state index in [1.165, 1.54) is 12.1 Å². The van der Waals surface area contributed by atoms with Crippen molar-refractivity contribution in [2.24, 2.45) is 5.41 Å². The fourth-order valence-corrected chi connectivity index (χ4v) is 3.06. The number of hydrogen-bond donors (Lipinski definition) is 1. The summed E-state index contributed by atoms with van der Waals surface area (Å²) in [4.78, 5) is 0. The molecule has 1 aliphatic rings. The smallest absolute Gasteiger partial charge is 0.145 e. The molecule has 100 valence electrons. The first kappa shape index (κ1) is 14.1. The quantitative estimate of drug-likeness (QED) is 0.842. The highest BCUT2D eigenvalue weighted by molar-refractivity contribution is 9.10. The summed E-state index contributed by atoms with van der Waals surface area (Å²) < 4.78 is 20.0. The summed E-state index contributed by atoms with van der Waals surface area (Å²) in [6, 6.07) is 3.28. The minimum Gasteiger partial charge on any atom is -0.488 e. The molecule has 1 N–H and O–H groups in total. The number of benzene rings is 1. The van der Waals surface area contributed by atoms with Crippen LogP contribution in [0.25, 0.3) is 0 Å². The third kappa shape index (κ3) is 2.38. The van der Waals surface area contributed by atoms with Crippen LogP contribution in [0, 0.1) is 11.2 Å². The molecule has 0 spiro atoms. The molecule has 0 heterocycles. The summed E-state index contributed by atoms with van der Waals surface area (Å²) in [6.45, 7) is 4.28. The number of halogens is 3. The first-order chi connectivity index (χ1) is 8.36. The van der Waals surface area contributed by atoms with Gasteiger partial charge in [0.2, 0.25) is 0 Å². The second-order valence-corrected chi connectivity index (χ2v) is 6.46. The second-order valence-electron chi connectivity index (χ2n) is 5.20. The molecule has 1 aliphatic carbocycles. The Hall–Kier alpha value is -0.320. The van der Waals surface area contributed by atoms with Gasteiger partial charge in [-0.05, 0) is 29.0 Å². The van der Waals surface area contributed by atoms with Crippen molar-refractivity contribution in [3.8, 4) is 5.75 Å². The molecule has 5 heteroatoms. The van der Waals surface area contributed by atoms with Crippen LogP contribution in [0.5, 0.6) is 5.75 Å². The van der Waals surface area contributed by atoms with Crippen LogP contribution in [0.15, 0.2) is 16.6 Å². The van der Waals surface area contributed by atoms with Gasteiger partial charge in [0.1, 0.15) is 17.7 Å². The predicted molar refractivity (Wildman–Crippen MR) is 74.8 cm³/mol. The molecule has 2 atom stereocenters. The fraction of sp³-hybridized carbons (Fsp3) is 0.538. The zero-order chi connectivity index (χ0) is 13.5. The molecule has 2 rings (SSSR count).